The van der Waals surface area contributed by atoms with Crippen molar-refractivity contribution < 1.29 is 0 Å². The molecule has 0 bridgehead atoms. The Labute approximate surface area is 122 Å². The van der Waals surface area contributed by atoms with Crippen LogP contribution in [-0.4, -0.2) is 23.0 Å². The van der Waals surface area contributed by atoms with Crippen LogP contribution < -0.4 is 5.32 Å². The second kappa shape index (κ2) is 6.51. The van der Waals surface area contributed by atoms with Gasteiger partial charge >= 0.3 is 0 Å². The van der Waals surface area contributed by atoms with E-state index in [0.29, 0.717) is 12.1 Å². The van der Waals surface area contributed by atoms with Gasteiger partial charge in [-0.05, 0) is 43.9 Å². The fourth-order valence-electron chi connectivity index (χ4n) is 3.81. The van der Waals surface area contributed by atoms with Crippen LogP contribution in [0.15, 0.2) is 4.99 Å². The fraction of sp³-hybridized carbons (Fsp3) is 0.938. The Bertz CT molecular complexity index is 329. The molecule has 3 aliphatic rings. The molecule has 19 heavy (non-hydrogen) atoms. The lowest BCUT2D eigenvalue weighted by molar-refractivity contribution is 0.335. The Balaban J connectivity index is 1.55. The minimum atomic E-state index is 0.641. The number of aliphatic imine (C=N–C) groups is 1. The van der Waals surface area contributed by atoms with Crippen molar-refractivity contribution in [2.45, 2.75) is 76.8 Å². The molecule has 1 aliphatic heterocycles. The number of amidine groups is 1. The van der Waals surface area contributed by atoms with Gasteiger partial charge in [0.25, 0.3) is 0 Å². The van der Waals surface area contributed by atoms with E-state index in [1.54, 1.807) is 0 Å². The van der Waals surface area contributed by atoms with Crippen LogP contribution in [0.1, 0.15) is 64.7 Å². The zero-order chi connectivity index (χ0) is 13.1. The summed E-state index contributed by atoms with van der Waals surface area (Å²) >= 11 is 1.99. The average molecular weight is 280 g/mol. The molecule has 108 valence electrons. The van der Waals surface area contributed by atoms with E-state index in [9.17, 15) is 0 Å². The van der Waals surface area contributed by atoms with E-state index < -0.39 is 0 Å². The minimum absolute atomic E-state index is 0.641. The molecule has 0 amide bonds. The molecule has 0 aromatic heterocycles. The Morgan fingerprint density at radius 1 is 1.00 bits per heavy atom. The number of nitrogens with zero attached hydrogens (tertiary/aromatic N) is 1. The molecule has 0 aromatic rings. The molecular weight excluding hydrogens is 252 g/mol. The molecule has 2 nitrogen and oxygen atoms in total. The van der Waals surface area contributed by atoms with Gasteiger partial charge in [-0.15, -0.1) is 0 Å². The summed E-state index contributed by atoms with van der Waals surface area (Å²) in [7, 11) is 0. The van der Waals surface area contributed by atoms with Gasteiger partial charge in [0.2, 0.25) is 0 Å². The maximum Gasteiger partial charge on any atom is 0.157 e. The molecule has 2 aliphatic carbocycles. The van der Waals surface area contributed by atoms with Gasteiger partial charge in [0.1, 0.15) is 0 Å². The summed E-state index contributed by atoms with van der Waals surface area (Å²) in [6, 6.07) is 1.33. The van der Waals surface area contributed by atoms with Gasteiger partial charge in [0.05, 0.1) is 6.04 Å². The predicted octanol–water partition coefficient (Wildman–Crippen LogP) is 4.21. The van der Waals surface area contributed by atoms with Gasteiger partial charge < -0.3 is 5.32 Å². The van der Waals surface area contributed by atoms with E-state index in [1.165, 1.54) is 68.7 Å². The number of fused-ring (bicyclic) bond motifs is 1. The molecule has 3 rings (SSSR count). The fourth-order valence-corrected chi connectivity index (χ4v) is 5.03. The molecular formula is C16H28N2S. The highest BCUT2D eigenvalue weighted by molar-refractivity contribution is 8.13. The zero-order valence-electron chi connectivity index (χ0n) is 12.2. The van der Waals surface area contributed by atoms with Crippen molar-refractivity contribution in [1.82, 2.24) is 5.32 Å². The second-order valence-electron chi connectivity index (χ2n) is 6.81. The van der Waals surface area contributed by atoms with Crippen molar-refractivity contribution in [2.24, 2.45) is 16.8 Å². The largest absolute Gasteiger partial charge is 0.362 e. The van der Waals surface area contributed by atoms with Gasteiger partial charge in [0, 0.05) is 11.8 Å². The summed E-state index contributed by atoms with van der Waals surface area (Å²) in [5.41, 5.74) is 0. The maximum absolute atomic E-state index is 5.02. The summed E-state index contributed by atoms with van der Waals surface area (Å²) < 4.78 is 0. The quantitative estimate of drug-likeness (QED) is 0.728. The normalized spacial score (nSPS) is 39.9. The van der Waals surface area contributed by atoms with Crippen LogP contribution in [0.4, 0.5) is 0 Å². The maximum atomic E-state index is 5.02. The van der Waals surface area contributed by atoms with Crippen LogP contribution >= 0.6 is 11.8 Å². The number of hydrogen-bond acceptors (Lipinski definition) is 3. The lowest BCUT2D eigenvalue weighted by Gasteiger charge is -2.33. The van der Waals surface area contributed by atoms with Gasteiger partial charge in [-0.3, -0.25) is 4.99 Å². The Hall–Kier alpha value is -0.180. The predicted molar refractivity (Wildman–Crippen MR) is 84.8 cm³/mol. The minimum Gasteiger partial charge on any atom is -0.362 e. The number of rotatable bonds is 1. The number of hydrogen-bond donors (Lipinski definition) is 1. The molecule has 3 heteroatoms. The molecule has 4 atom stereocenters. The van der Waals surface area contributed by atoms with Gasteiger partial charge in [-0.25, -0.2) is 0 Å². The first-order valence-electron chi connectivity index (χ1n) is 8.28. The number of thioether (sulfide) groups is 1. The third-order valence-corrected chi connectivity index (χ3v) is 6.26. The molecule has 0 aromatic carbocycles. The van der Waals surface area contributed by atoms with E-state index in [2.05, 4.69) is 12.2 Å². The Kier molecular flexibility index (Phi) is 4.73. The SMILES string of the molecule is CC1CCCC(NC2=NC3CCCCC3CS2)CC1. The number of nitrogens with one attached hydrogen (secondary N) is 1. The van der Waals surface area contributed by atoms with Crippen LogP contribution in [0.5, 0.6) is 0 Å². The van der Waals surface area contributed by atoms with E-state index >= 15 is 0 Å². The van der Waals surface area contributed by atoms with Crippen molar-refractivity contribution in [3.05, 3.63) is 0 Å². The van der Waals surface area contributed by atoms with Crippen molar-refractivity contribution in [2.75, 3.05) is 5.75 Å². The Morgan fingerprint density at radius 2 is 1.89 bits per heavy atom. The van der Waals surface area contributed by atoms with Crippen LogP contribution in [-0.2, 0) is 0 Å². The van der Waals surface area contributed by atoms with Crippen LogP contribution in [0.25, 0.3) is 0 Å². The van der Waals surface area contributed by atoms with Gasteiger partial charge in [-0.2, -0.15) is 0 Å². The van der Waals surface area contributed by atoms with Crippen molar-refractivity contribution in [3.8, 4) is 0 Å². The highest BCUT2D eigenvalue weighted by Gasteiger charge is 2.29. The Morgan fingerprint density at radius 3 is 2.84 bits per heavy atom. The lowest BCUT2D eigenvalue weighted by atomic mass is 9.86. The van der Waals surface area contributed by atoms with Gasteiger partial charge in [0.15, 0.2) is 5.17 Å². The molecule has 0 spiro atoms. The van der Waals surface area contributed by atoms with Gasteiger partial charge in [-0.1, -0.05) is 44.4 Å². The van der Waals surface area contributed by atoms with Crippen molar-refractivity contribution >= 4 is 16.9 Å². The second-order valence-corrected chi connectivity index (χ2v) is 7.82. The highest BCUT2D eigenvalue weighted by atomic mass is 32.2. The summed E-state index contributed by atoms with van der Waals surface area (Å²) in [6.07, 6.45) is 12.5. The lowest BCUT2D eigenvalue weighted by Crippen LogP contribution is -2.39. The monoisotopic (exact) mass is 280 g/mol. The molecule has 2 fully saturated rings. The molecule has 0 radical (unpaired) electrons. The standard InChI is InChI=1S/C16H28N2S/c1-12-5-4-7-14(10-9-12)17-16-18-15-8-3-2-6-13(15)11-19-16/h12-15H,2-11H2,1H3,(H,17,18). The molecule has 1 N–H and O–H groups in total. The summed E-state index contributed by atoms with van der Waals surface area (Å²) in [5, 5.41) is 5.03. The van der Waals surface area contributed by atoms with Crippen molar-refractivity contribution in [1.29, 1.82) is 0 Å². The molecule has 0 saturated heterocycles. The summed E-state index contributed by atoms with van der Waals surface area (Å²) in [5.74, 6) is 3.11. The van der Waals surface area contributed by atoms with Crippen molar-refractivity contribution in [3.63, 3.8) is 0 Å². The third-order valence-electron chi connectivity index (χ3n) is 5.17. The smallest absolute Gasteiger partial charge is 0.157 e. The van der Waals surface area contributed by atoms with E-state index in [-0.39, 0.29) is 0 Å². The first-order valence-corrected chi connectivity index (χ1v) is 9.27. The molecule has 2 saturated carbocycles. The molecule has 4 unspecified atom stereocenters. The van der Waals surface area contributed by atoms with Crippen LogP contribution in [0, 0.1) is 11.8 Å². The van der Waals surface area contributed by atoms with E-state index in [0.717, 1.165) is 11.8 Å². The topological polar surface area (TPSA) is 24.4 Å². The van der Waals surface area contributed by atoms with E-state index in [4.69, 9.17) is 4.99 Å². The highest BCUT2D eigenvalue weighted by Crippen LogP contribution is 2.34. The van der Waals surface area contributed by atoms with Crippen LogP contribution in [0.2, 0.25) is 0 Å². The first kappa shape index (κ1) is 13.8. The van der Waals surface area contributed by atoms with E-state index in [1.807, 2.05) is 11.8 Å². The summed E-state index contributed by atoms with van der Waals surface area (Å²) in [4.78, 5) is 5.02. The third kappa shape index (κ3) is 3.68. The van der Waals surface area contributed by atoms with Crippen LogP contribution in [0.3, 0.4) is 0 Å². The molecule has 1 heterocycles. The average Bonchev–Trinajstić information content (AvgIpc) is 2.64. The summed E-state index contributed by atoms with van der Waals surface area (Å²) in [6.45, 7) is 2.40. The zero-order valence-corrected chi connectivity index (χ0v) is 13.1. The first-order chi connectivity index (χ1) is 9.31.